The van der Waals surface area contributed by atoms with Crippen LogP contribution in [0.25, 0.3) is 0 Å². The minimum absolute atomic E-state index is 0. The highest BCUT2D eigenvalue weighted by molar-refractivity contribution is 14.0. The summed E-state index contributed by atoms with van der Waals surface area (Å²) in [6.07, 6.45) is 5.44. The van der Waals surface area contributed by atoms with Crippen LogP contribution in [0.5, 0.6) is 5.75 Å². The molecule has 28 heavy (non-hydrogen) atoms. The molecule has 5 nitrogen and oxygen atoms in total. The minimum Gasteiger partial charge on any atom is -0.493 e. The molecule has 1 aromatic heterocycles. The maximum Gasteiger partial charge on any atom is 0.191 e. The topological polar surface area (TPSA) is 58.5 Å². The number of guanidine groups is 1. The molecule has 1 aliphatic rings. The number of nitrogens with zero attached hydrogens (tertiary/aromatic N) is 2. The van der Waals surface area contributed by atoms with E-state index in [1.807, 2.05) is 19.2 Å². The fourth-order valence-corrected chi connectivity index (χ4v) is 2.81. The Hall–Kier alpha value is -1.83. The second-order valence-corrected chi connectivity index (χ2v) is 7.28. The normalized spacial score (nSPS) is 13.6. The number of benzene rings is 1. The van der Waals surface area contributed by atoms with Gasteiger partial charge in [0, 0.05) is 37.6 Å². The summed E-state index contributed by atoms with van der Waals surface area (Å²) in [6, 6.07) is 10.6. The van der Waals surface area contributed by atoms with Gasteiger partial charge in [0.05, 0.1) is 6.61 Å². The summed E-state index contributed by atoms with van der Waals surface area (Å²) in [6.45, 7) is 6.42. The molecular formula is C22H31IN4O. The number of rotatable bonds is 8. The van der Waals surface area contributed by atoms with Crippen molar-refractivity contribution in [3.8, 4) is 5.75 Å². The van der Waals surface area contributed by atoms with Gasteiger partial charge in [-0.15, -0.1) is 24.0 Å². The highest BCUT2D eigenvalue weighted by Gasteiger charge is 2.22. The van der Waals surface area contributed by atoms with Crippen molar-refractivity contribution in [2.75, 3.05) is 20.2 Å². The molecule has 3 rings (SSSR count). The van der Waals surface area contributed by atoms with Crippen LogP contribution < -0.4 is 15.4 Å². The first-order valence-electron chi connectivity index (χ1n) is 9.72. The predicted molar refractivity (Wildman–Crippen MR) is 126 cm³/mol. The van der Waals surface area contributed by atoms with Gasteiger partial charge in [-0.3, -0.25) is 9.98 Å². The van der Waals surface area contributed by atoms with E-state index >= 15 is 0 Å². The number of aromatic nitrogens is 1. The number of aryl methyl sites for hydroxylation is 2. The molecule has 0 radical (unpaired) electrons. The molecule has 0 saturated heterocycles. The first-order valence-corrected chi connectivity index (χ1v) is 9.72. The molecule has 2 N–H and O–H groups in total. The van der Waals surface area contributed by atoms with Crippen LogP contribution in [0.15, 0.2) is 41.5 Å². The average Bonchev–Trinajstić information content (AvgIpc) is 3.50. The van der Waals surface area contributed by atoms with E-state index < -0.39 is 0 Å². The molecule has 0 atom stereocenters. The fourth-order valence-electron chi connectivity index (χ4n) is 2.81. The fraction of sp³-hybridized carbons (Fsp3) is 0.455. The van der Waals surface area contributed by atoms with Crippen LogP contribution in [-0.2, 0) is 13.0 Å². The molecule has 1 heterocycles. The molecule has 1 saturated carbocycles. The van der Waals surface area contributed by atoms with Gasteiger partial charge in [0.25, 0.3) is 0 Å². The van der Waals surface area contributed by atoms with Gasteiger partial charge in [-0.1, -0.05) is 18.2 Å². The molecule has 1 aliphatic carbocycles. The van der Waals surface area contributed by atoms with E-state index in [1.165, 1.54) is 24.0 Å². The Morgan fingerprint density at radius 3 is 2.68 bits per heavy atom. The third-order valence-electron chi connectivity index (χ3n) is 4.74. The quantitative estimate of drug-likeness (QED) is 0.331. The van der Waals surface area contributed by atoms with Crippen molar-refractivity contribution < 1.29 is 4.74 Å². The van der Waals surface area contributed by atoms with Crippen molar-refractivity contribution in [3.63, 3.8) is 0 Å². The molecule has 152 valence electrons. The van der Waals surface area contributed by atoms with E-state index in [1.54, 1.807) is 7.05 Å². The number of halogens is 1. The lowest BCUT2D eigenvalue weighted by Crippen LogP contribution is -2.38. The van der Waals surface area contributed by atoms with Gasteiger partial charge in [0.1, 0.15) is 5.75 Å². The lowest BCUT2D eigenvalue weighted by atomic mass is 10.1. The first-order chi connectivity index (χ1) is 13.1. The van der Waals surface area contributed by atoms with Crippen molar-refractivity contribution in [1.82, 2.24) is 15.6 Å². The van der Waals surface area contributed by atoms with Gasteiger partial charge in [-0.25, -0.2) is 0 Å². The minimum atomic E-state index is 0. The molecule has 6 heteroatoms. The van der Waals surface area contributed by atoms with Gasteiger partial charge in [-0.2, -0.15) is 0 Å². The van der Waals surface area contributed by atoms with Crippen LogP contribution in [0.3, 0.4) is 0 Å². The summed E-state index contributed by atoms with van der Waals surface area (Å²) in [5, 5.41) is 6.75. The first kappa shape index (κ1) is 22.5. The van der Waals surface area contributed by atoms with E-state index in [-0.39, 0.29) is 24.0 Å². The Kier molecular flexibility index (Phi) is 9.02. The monoisotopic (exact) mass is 494 g/mol. The van der Waals surface area contributed by atoms with Crippen LogP contribution in [0.1, 0.15) is 35.2 Å². The van der Waals surface area contributed by atoms with Crippen LogP contribution >= 0.6 is 24.0 Å². The lowest BCUT2D eigenvalue weighted by molar-refractivity contribution is 0.296. The SMILES string of the molecule is CN=C(NCCc1ccc(C)nc1)NCc1ccc(C)cc1OCC1CC1.I. The highest BCUT2D eigenvalue weighted by Crippen LogP contribution is 2.30. The largest absolute Gasteiger partial charge is 0.493 e. The van der Waals surface area contributed by atoms with Crippen LogP contribution in [0.4, 0.5) is 0 Å². The Morgan fingerprint density at radius 1 is 1.18 bits per heavy atom. The highest BCUT2D eigenvalue weighted by atomic mass is 127. The van der Waals surface area contributed by atoms with Gasteiger partial charge in [0.2, 0.25) is 0 Å². The number of hydrogen-bond donors (Lipinski definition) is 2. The Balaban J connectivity index is 0.00000280. The third kappa shape index (κ3) is 7.30. The summed E-state index contributed by atoms with van der Waals surface area (Å²) in [7, 11) is 1.79. The molecule has 2 aromatic rings. The van der Waals surface area contributed by atoms with E-state index in [2.05, 4.69) is 51.8 Å². The summed E-state index contributed by atoms with van der Waals surface area (Å²) in [4.78, 5) is 8.65. The summed E-state index contributed by atoms with van der Waals surface area (Å²) >= 11 is 0. The lowest BCUT2D eigenvalue weighted by Gasteiger charge is -2.15. The maximum atomic E-state index is 6.05. The van der Waals surface area contributed by atoms with Crippen molar-refractivity contribution in [2.24, 2.45) is 10.9 Å². The molecule has 0 bridgehead atoms. The number of aliphatic imine (C=N–C) groups is 1. The zero-order valence-corrected chi connectivity index (χ0v) is 19.3. The third-order valence-corrected chi connectivity index (χ3v) is 4.74. The Bertz CT molecular complexity index is 773. The van der Waals surface area contributed by atoms with E-state index in [4.69, 9.17) is 4.74 Å². The molecule has 0 spiro atoms. The van der Waals surface area contributed by atoms with Crippen LogP contribution in [0.2, 0.25) is 0 Å². The zero-order chi connectivity index (χ0) is 19.1. The van der Waals surface area contributed by atoms with Crippen molar-refractivity contribution in [2.45, 2.75) is 39.7 Å². The van der Waals surface area contributed by atoms with Crippen LogP contribution in [-0.4, -0.2) is 31.1 Å². The second-order valence-electron chi connectivity index (χ2n) is 7.28. The van der Waals surface area contributed by atoms with Crippen LogP contribution in [0, 0.1) is 19.8 Å². The molecule has 1 fully saturated rings. The zero-order valence-electron chi connectivity index (χ0n) is 17.0. The summed E-state index contributed by atoms with van der Waals surface area (Å²) in [5.41, 5.74) is 4.64. The number of nitrogens with one attached hydrogen (secondary N) is 2. The second kappa shape index (κ2) is 11.2. The van der Waals surface area contributed by atoms with Crippen molar-refractivity contribution in [1.29, 1.82) is 0 Å². The van der Waals surface area contributed by atoms with E-state index in [0.29, 0.717) is 6.54 Å². The number of pyridine rings is 1. The summed E-state index contributed by atoms with van der Waals surface area (Å²) < 4.78 is 6.05. The van der Waals surface area contributed by atoms with E-state index in [9.17, 15) is 0 Å². The van der Waals surface area contributed by atoms with Crippen molar-refractivity contribution in [3.05, 3.63) is 58.9 Å². The Morgan fingerprint density at radius 2 is 2.00 bits per heavy atom. The van der Waals surface area contributed by atoms with Gasteiger partial charge < -0.3 is 15.4 Å². The van der Waals surface area contributed by atoms with Gasteiger partial charge >= 0.3 is 0 Å². The van der Waals surface area contributed by atoms with E-state index in [0.717, 1.165) is 48.5 Å². The smallest absolute Gasteiger partial charge is 0.191 e. The molecular weight excluding hydrogens is 463 g/mol. The van der Waals surface area contributed by atoms with Gasteiger partial charge in [0.15, 0.2) is 5.96 Å². The molecule has 1 aromatic carbocycles. The number of ether oxygens (including phenoxy) is 1. The van der Waals surface area contributed by atoms with Gasteiger partial charge in [-0.05, 0) is 62.3 Å². The maximum absolute atomic E-state index is 6.05. The predicted octanol–water partition coefficient (Wildman–Crippen LogP) is 4.01. The molecule has 0 unspecified atom stereocenters. The average molecular weight is 494 g/mol. The van der Waals surface area contributed by atoms with Crippen molar-refractivity contribution >= 4 is 29.9 Å². The summed E-state index contributed by atoms with van der Waals surface area (Å²) in [5.74, 6) is 2.52. The number of hydrogen-bond acceptors (Lipinski definition) is 3. The standard InChI is InChI=1S/C22H30N4O.HI/c1-16-4-9-20(21(12-16)27-15-19-7-8-19)14-26-22(23-3)24-11-10-18-6-5-17(2)25-13-18;/h4-6,9,12-13,19H,7-8,10-11,14-15H2,1-3H3,(H2,23,24,26);1H. The Labute approximate surface area is 185 Å². The molecule has 0 aliphatic heterocycles. The molecule has 0 amide bonds.